The van der Waals surface area contributed by atoms with Crippen molar-refractivity contribution in [1.29, 1.82) is 0 Å². The van der Waals surface area contributed by atoms with Gasteiger partial charge in [0.15, 0.2) is 0 Å². The van der Waals surface area contributed by atoms with Crippen LogP contribution in [0.25, 0.3) is 0 Å². The molecule has 0 aliphatic heterocycles. The molecule has 0 spiro atoms. The van der Waals surface area contributed by atoms with Gasteiger partial charge in [0.2, 0.25) is 5.91 Å². The molecule has 1 aromatic heterocycles. The number of carbonyl (C=O) groups excluding carboxylic acids is 1. The van der Waals surface area contributed by atoms with Crippen molar-refractivity contribution in [3.05, 3.63) is 17.0 Å². The lowest BCUT2D eigenvalue weighted by atomic mass is 10.1. The summed E-state index contributed by atoms with van der Waals surface area (Å²) in [6.45, 7) is 5.73. The quantitative estimate of drug-likeness (QED) is 0.790. The molecule has 0 radical (unpaired) electrons. The summed E-state index contributed by atoms with van der Waals surface area (Å²) >= 11 is 0. The van der Waals surface area contributed by atoms with Crippen molar-refractivity contribution in [2.24, 2.45) is 7.05 Å². The number of nitrogens with zero attached hydrogens (tertiary/aromatic N) is 2. The van der Waals surface area contributed by atoms with Gasteiger partial charge >= 0.3 is 5.97 Å². The average molecular weight is 281 g/mol. The first-order valence-corrected chi connectivity index (χ1v) is 6.88. The van der Waals surface area contributed by atoms with Crippen LogP contribution in [-0.2, 0) is 23.1 Å². The third-order valence-electron chi connectivity index (χ3n) is 3.48. The largest absolute Gasteiger partial charge is 0.480 e. The van der Waals surface area contributed by atoms with Crippen LogP contribution in [0, 0.1) is 13.8 Å². The Morgan fingerprint density at radius 2 is 2.05 bits per heavy atom. The predicted octanol–water partition coefficient (Wildman–Crippen LogP) is 1.34. The van der Waals surface area contributed by atoms with E-state index < -0.39 is 12.0 Å². The van der Waals surface area contributed by atoms with Crippen LogP contribution in [0.4, 0.5) is 0 Å². The maximum Gasteiger partial charge on any atom is 0.326 e. The number of carboxylic acid groups (broad SMARTS) is 1. The Morgan fingerprint density at radius 1 is 1.40 bits per heavy atom. The fourth-order valence-electron chi connectivity index (χ4n) is 2.14. The first-order valence-electron chi connectivity index (χ1n) is 6.88. The summed E-state index contributed by atoms with van der Waals surface area (Å²) in [5.41, 5.74) is 2.60. The van der Waals surface area contributed by atoms with Crippen LogP contribution in [0.2, 0.25) is 0 Å². The van der Waals surface area contributed by atoms with Crippen LogP contribution in [0.15, 0.2) is 0 Å². The lowest BCUT2D eigenvalue weighted by Crippen LogP contribution is -2.41. The van der Waals surface area contributed by atoms with Crippen molar-refractivity contribution in [2.45, 2.75) is 52.5 Å². The highest BCUT2D eigenvalue weighted by Crippen LogP contribution is 2.12. The Morgan fingerprint density at radius 3 is 2.50 bits per heavy atom. The Balaban J connectivity index is 2.68. The minimum atomic E-state index is -0.980. The van der Waals surface area contributed by atoms with Crippen molar-refractivity contribution in [3.8, 4) is 0 Å². The second kappa shape index (κ2) is 7.07. The molecule has 20 heavy (non-hydrogen) atoms. The molecule has 1 atom stereocenters. The molecule has 1 aromatic rings. The Labute approximate surface area is 119 Å². The van der Waals surface area contributed by atoms with E-state index >= 15 is 0 Å². The van der Waals surface area contributed by atoms with E-state index in [9.17, 15) is 9.59 Å². The third-order valence-corrected chi connectivity index (χ3v) is 3.48. The van der Waals surface area contributed by atoms with Crippen LogP contribution < -0.4 is 5.32 Å². The smallest absolute Gasteiger partial charge is 0.326 e. The van der Waals surface area contributed by atoms with Gasteiger partial charge < -0.3 is 10.4 Å². The van der Waals surface area contributed by atoms with Gasteiger partial charge in [-0.2, -0.15) is 5.10 Å². The molecule has 6 heteroatoms. The zero-order valence-corrected chi connectivity index (χ0v) is 12.6. The maximum absolute atomic E-state index is 12.0. The van der Waals surface area contributed by atoms with E-state index in [2.05, 4.69) is 10.4 Å². The van der Waals surface area contributed by atoms with E-state index in [0.717, 1.165) is 29.8 Å². The molecular weight excluding hydrogens is 258 g/mol. The van der Waals surface area contributed by atoms with Crippen molar-refractivity contribution in [1.82, 2.24) is 15.1 Å². The van der Waals surface area contributed by atoms with E-state index in [1.165, 1.54) is 0 Å². The van der Waals surface area contributed by atoms with Crippen molar-refractivity contribution in [2.75, 3.05) is 0 Å². The Kier molecular flexibility index (Phi) is 5.73. The summed E-state index contributed by atoms with van der Waals surface area (Å²) in [5.74, 6) is -1.25. The van der Waals surface area contributed by atoms with Crippen molar-refractivity contribution < 1.29 is 14.7 Å². The molecule has 0 aromatic carbocycles. The molecule has 112 valence electrons. The fourth-order valence-corrected chi connectivity index (χ4v) is 2.14. The van der Waals surface area contributed by atoms with Crippen molar-refractivity contribution in [3.63, 3.8) is 0 Å². The number of carboxylic acids is 1. The number of carbonyl (C=O) groups is 2. The average Bonchev–Trinajstić information content (AvgIpc) is 2.61. The number of hydrogen-bond donors (Lipinski definition) is 2. The molecule has 0 aliphatic carbocycles. The molecule has 1 rings (SSSR count). The van der Waals surface area contributed by atoms with Crippen LogP contribution >= 0.6 is 0 Å². The van der Waals surface area contributed by atoms with Gasteiger partial charge in [0.25, 0.3) is 0 Å². The highest BCUT2D eigenvalue weighted by Gasteiger charge is 2.21. The fraction of sp³-hybridized carbons (Fsp3) is 0.643. The minimum absolute atomic E-state index is 0.168. The second-order valence-electron chi connectivity index (χ2n) is 5.05. The normalized spacial score (nSPS) is 12.2. The standard InChI is InChI=1S/C14H23N3O3/c1-5-6-7-12(14(19)20)15-13(18)8-11-9(2)16-17(4)10(11)3/h12H,5-8H2,1-4H3,(H,15,18)(H,19,20)/t12-/m0/s1. The molecule has 0 bridgehead atoms. The number of amides is 1. The van der Waals surface area contributed by atoms with E-state index in [-0.39, 0.29) is 12.3 Å². The van der Waals surface area contributed by atoms with Gasteiger partial charge in [-0.3, -0.25) is 9.48 Å². The highest BCUT2D eigenvalue weighted by molar-refractivity contribution is 5.85. The van der Waals surface area contributed by atoms with Gasteiger partial charge in [-0.15, -0.1) is 0 Å². The monoisotopic (exact) mass is 281 g/mol. The van der Waals surface area contributed by atoms with Crippen molar-refractivity contribution >= 4 is 11.9 Å². The van der Waals surface area contributed by atoms with Gasteiger partial charge in [0.05, 0.1) is 12.1 Å². The Bertz CT molecular complexity index is 494. The predicted molar refractivity (Wildman–Crippen MR) is 75.5 cm³/mol. The summed E-state index contributed by atoms with van der Waals surface area (Å²) in [4.78, 5) is 23.1. The van der Waals surface area contributed by atoms with Gasteiger partial charge in [-0.1, -0.05) is 19.8 Å². The molecule has 0 saturated heterocycles. The minimum Gasteiger partial charge on any atom is -0.480 e. The summed E-state index contributed by atoms with van der Waals surface area (Å²) < 4.78 is 1.73. The molecular formula is C14H23N3O3. The van der Waals surface area contributed by atoms with E-state index in [1.54, 1.807) is 4.68 Å². The third kappa shape index (κ3) is 4.08. The lowest BCUT2D eigenvalue weighted by Gasteiger charge is -2.14. The molecule has 2 N–H and O–H groups in total. The first-order chi connectivity index (χ1) is 9.36. The number of aliphatic carboxylic acids is 1. The number of unbranched alkanes of at least 4 members (excludes halogenated alkanes) is 1. The molecule has 0 fully saturated rings. The maximum atomic E-state index is 12.0. The van der Waals surface area contributed by atoms with Crippen LogP contribution in [0.3, 0.4) is 0 Å². The topological polar surface area (TPSA) is 84.2 Å². The first kappa shape index (κ1) is 16.2. The molecule has 1 heterocycles. The SMILES string of the molecule is CCCC[C@H](NC(=O)Cc1c(C)nn(C)c1C)C(=O)O. The zero-order chi connectivity index (χ0) is 15.3. The summed E-state index contributed by atoms with van der Waals surface area (Å²) in [6.07, 6.45) is 2.31. The van der Waals surface area contributed by atoms with Crippen LogP contribution in [-0.4, -0.2) is 32.8 Å². The molecule has 0 aliphatic rings. The van der Waals surface area contributed by atoms with E-state index in [4.69, 9.17) is 5.11 Å². The summed E-state index contributed by atoms with van der Waals surface area (Å²) in [7, 11) is 1.82. The van der Waals surface area contributed by atoms with Gasteiger partial charge in [0.1, 0.15) is 6.04 Å². The summed E-state index contributed by atoms with van der Waals surface area (Å²) in [5, 5.41) is 15.9. The number of rotatable bonds is 7. The van der Waals surface area contributed by atoms with Crippen LogP contribution in [0.1, 0.15) is 43.1 Å². The molecule has 0 unspecified atom stereocenters. The number of aryl methyl sites for hydroxylation is 2. The Hall–Kier alpha value is -1.85. The molecule has 0 saturated carbocycles. The number of aromatic nitrogens is 2. The number of hydrogen-bond acceptors (Lipinski definition) is 3. The lowest BCUT2D eigenvalue weighted by molar-refractivity contribution is -0.142. The van der Waals surface area contributed by atoms with E-state index in [1.807, 2.05) is 27.8 Å². The molecule has 6 nitrogen and oxygen atoms in total. The van der Waals surface area contributed by atoms with Gasteiger partial charge in [0, 0.05) is 18.3 Å². The molecule has 1 amide bonds. The zero-order valence-electron chi connectivity index (χ0n) is 12.6. The second-order valence-corrected chi connectivity index (χ2v) is 5.05. The highest BCUT2D eigenvalue weighted by atomic mass is 16.4. The van der Waals surface area contributed by atoms with Crippen LogP contribution in [0.5, 0.6) is 0 Å². The summed E-state index contributed by atoms with van der Waals surface area (Å²) in [6, 6.07) is -0.806. The van der Waals surface area contributed by atoms with Gasteiger partial charge in [-0.25, -0.2) is 4.79 Å². The van der Waals surface area contributed by atoms with E-state index in [0.29, 0.717) is 6.42 Å². The van der Waals surface area contributed by atoms with Gasteiger partial charge in [-0.05, 0) is 20.3 Å². The number of nitrogens with one attached hydrogen (secondary N) is 1.